The minimum Gasteiger partial charge on any atom is -0.329 e. The lowest BCUT2D eigenvalue weighted by Gasteiger charge is -2.41. The smallest absolute Gasteiger partial charge is 0.241 e. The third-order valence-electron chi connectivity index (χ3n) is 6.07. The number of halogens is 1. The van der Waals surface area contributed by atoms with Crippen molar-refractivity contribution < 1.29 is 13.2 Å². The molecular weight excluding hydrogens is 486 g/mol. The van der Waals surface area contributed by atoms with Crippen molar-refractivity contribution in [1.82, 2.24) is 14.5 Å². The molecule has 35 heavy (non-hydrogen) atoms. The van der Waals surface area contributed by atoms with Crippen LogP contribution in [0, 0.1) is 11.3 Å². The number of benzene rings is 2. The van der Waals surface area contributed by atoms with Gasteiger partial charge in [-0.15, -0.1) is 0 Å². The van der Waals surface area contributed by atoms with Crippen LogP contribution in [0.2, 0.25) is 5.02 Å². The molecule has 2 heterocycles. The van der Waals surface area contributed by atoms with Crippen LogP contribution in [0.25, 0.3) is 0 Å². The predicted octanol–water partition coefficient (Wildman–Crippen LogP) is 3.11. The van der Waals surface area contributed by atoms with Crippen LogP contribution in [0.4, 0.5) is 5.69 Å². The number of hydrogen-bond acceptors (Lipinski definition) is 6. The lowest BCUT2D eigenvalue weighted by Crippen LogP contribution is -2.56. The van der Waals surface area contributed by atoms with Gasteiger partial charge in [-0.2, -0.15) is 5.26 Å². The molecule has 1 unspecified atom stereocenters. The quantitative estimate of drug-likeness (QED) is 0.461. The van der Waals surface area contributed by atoms with E-state index in [2.05, 4.69) is 11.1 Å². The Morgan fingerprint density at radius 1 is 1.17 bits per heavy atom. The highest BCUT2D eigenvalue weighted by Gasteiger charge is 2.34. The fourth-order valence-corrected chi connectivity index (χ4v) is 5.10. The Kier molecular flexibility index (Phi) is 7.55. The van der Waals surface area contributed by atoms with Crippen LogP contribution >= 0.6 is 11.6 Å². The summed E-state index contributed by atoms with van der Waals surface area (Å²) in [6, 6.07) is 16.4. The molecule has 0 spiro atoms. The Morgan fingerprint density at radius 3 is 2.63 bits per heavy atom. The van der Waals surface area contributed by atoms with E-state index in [-0.39, 0.29) is 24.2 Å². The van der Waals surface area contributed by atoms with E-state index in [4.69, 9.17) is 16.9 Å². The van der Waals surface area contributed by atoms with Crippen molar-refractivity contribution in [3.05, 3.63) is 82.9 Å². The molecule has 1 aliphatic heterocycles. The zero-order chi connectivity index (χ0) is 25.0. The summed E-state index contributed by atoms with van der Waals surface area (Å²) in [6.45, 7) is 1.49. The molecule has 0 bridgehead atoms. The van der Waals surface area contributed by atoms with Crippen molar-refractivity contribution >= 4 is 33.0 Å². The molecule has 1 fully saturated rings. The molecule has 0 N–H and O–H groups in total. The lowest BCUT2D eigenvalue weighted by molar-refractivity contribution is -0.122. The number of hydrogen-bond donors (Lipinski definition) is 0. The van der Waals surface area contributed by atoms with E-state index in [9.17, 15) is 13.2 Å². The molecule has 1 saturated heterocycles. The van der Waals surface area contributed by atoms with Crippen LogP contribution < -0.4 is 4.90 Å². The van der Waals surface area contributed by atoms with Gasteiger partial charge in [0.25, 0.3) is 0 Å². The Labute approximate surface area is 210 Å². The van der Waals surface area contributed by atoms with Gasteiger partial charge >= 0.3 is 0 Å². The number of carbonyl (C=O) groups excluding carboxylic acids is 1. The monoisotopic (exact) mass is 511 g/mol. The zero-order valence-electron chi connectivity index (χ0n) is 19.3. The van der Waals surface area contributed by atoms with E-state index in [0.29, 0.717) is 42.3 Å². The van der Waals surface area contributed by atoms with E-state index in [1.54, 1.807) is 41.4 Å². The first-order valence-electron chi connectivity index (χ1n) is 11.2. The number of carbonyl (C=O) groups is 1. The summed E-state index contributed by atoms with van der Waals surface area (Å²) in [5, 5.41) is 9.55. The number of amides is 1. The maximum atomic E-state index is 13.1. The Balaban J connectivity index is 1.54. The fourth-order valence-electron chi connectivity index (χ4n) is 4.22. The van der Waals surface area contributed by atoms with Gasteiger partial charge < -0.3 is 9.47 Å². The van der Waals surface area contributed by atoms with E-state index in [1.165, 1.54) is 6.26 Å². The number of nitrogens with zero attached hydrogens (tertiary/aromatic N) is 5. The van der Waals surface area contributed by atoms with Crippen LogP contribution in [-0.4, -0.2) is 59.9 Å². The molecule has 1 atom stereocenters. The molecule has 0 radical (unpaired) electrons. The molecule has 182 valence electrons. The van der Waals surface area contributed by atoms with Gasteiger partial charge in [-0.25, -0.2) is 13.4 Å². The molecule has 4 rings (SSSR count). The van der Waals surface area contributed by atoms with Crippen molar-refractivity contribution in [2.75, 3.05) is 30.0 Å². The minimum absolute atomic E-state index is 0.0332. The molecule has 0 saturated carbocycles. The normalized spacial score (nSPS) is 16.9. The average molecular weight is 512 g/mol. The van der Waals surface area contributed by atoms with Crippen LogP contribution in [-0.2, 0) is 27.7 Å². The summed E-state index contributed by atoms with van der Waals surface area (Å²) in [7, 11) is -3.16. The predicted molar refractivity (Wildman–Crippen MR) is 135 cm³/mol. The molecule has 1 aromatic heterocycles. The lowest BCUT2D eigenvalue weighted by atomic mass is 10.1. The van der Waals surface area contributed by atoms with Crippen LogP contribution in [0.15, 0.2) is 60.9 Å². The van der Waals surface area contributed by atoms with Crippen molar-refractivity contribution in [2.45, 2.75) is 25.6 Å². The second-order valence-corrected chi connectivity index (χ2v) is 11.4. The van der Waals surface area contributed by atoms with Crippen LogP contribution in [0.5, 0.6) is 0 Å². The highest BCUT2D eigenvalue weighted by Crippen LogP contribution is 2.25. The number of rotatable bonds is 8. The van der Waals surface area contributed by atoms with Gasteiger partial charge in [0.2, 0.25) is 5.91 Å². The fraction of sp³-hybridized carbons (Fsp3) is 0.320. The second kappa shape index (κ2) is 10.6. The molecule has 10 heteroatoms. The number of aromatic nitrogens is 2. The molecule has 2 aromatic carbocycles. The summed E-state index contributed by atoms with van der Waals surface area (Å²) >= 11 is 6.14. The molecule has 1 amide bonds. The second-order valence-electron chi connectivity index (χ2n) is 8.74. The summed E-state index contributed by atoms with van der Waals surface area (Å²) in [4.78, 5) is 21.3. The first-order valence-corrected chi connectivity index (χ1v) is 13.6. The molecule has 0 aliphatic carbocycles. The number of imidazole rings is 1. The highest BCUT2D eigenvalue weighted by molar-refractivity contribution is 7.90. The van der Waals surface area contributed by atoms with Gasteiger partial charge in [0.1, 0.15) is 15.7 Å². The van der Waals surface area contributed by atoms with Crippen LogP contribution in [0.3, 0.4) is 0 Å². The first kappa shape index (κ1) is 24.9. The average Bonchev–Trinajstić information content (AvgIpc) is 3.25. The van der Waals surface area contributed by atoms with Gasteiger partial charge in [0.05, 0.1) is 30.5 Å². The summed E-state index contributed by atoms with van der Waals surface area (Å²) in [6.07, 6.45) is 5.22. The van der Waals surface area contributed by atoms with E-state index in [0.717, 1.165) is 11.4 Å². The topological polar surface area (TPSA) is 99.3 Å². The first-order chi connectivity index (χ1) is 16.7. The number of nitriles is 1. The van der Waals surface area contributed by atoms with Crippen molar-refractivity contribution in [3.8, 4) is 6.07 Å². The maximum Gasteiger partial charge on any atom is 0.241 e. The SMILES string of the molecule is CS(=O)(=O)CCC1CN(c2cccc(Cl)c2)C(=O)CN1Cc1nccn1Cc1ccc(C#N)cc1. The van der Waals surface area contributed by atoms with Gasteiger partial charge in [-0.3, -0.25) is 9.69 Å². The van der Waals surface area contributed by atoms with Crippen LogP contribution in [0.1, 0.15) is 23.4 Å². The standard InChI is InChI=1S/C25H26ClN5O3S/c1-35(33,34)12-9-23-16-31(22-4-2-3-21(26)13-22)25(32)18-30(23)17-24-28-10-11-29(24)15-20-7-5-19(14-27)6-8-20/h2-8,10-11,13,23H,9,12,15-18H2,1H3. The third kappa shape index (κ3) is 6.48. The summed E-state index contributed by atoms with van der Waals surface area (Å²) in [5.41, 5.74) is 2.33. The van der Waals surface area contributed by atoms with Gasteiger partial charge in [-0.05, 0) is 42.3 Å². The summed E-state index contributed by atoms with van der Waals surface area (Å²) in [5.74, 6) is 0.738. The molecular formula is C25H26ClN5O3S. The maximum absolute atomic E-state index is 13.1. The van der Waals surface area contributed by atoms with Crippen molar-refractivity contribution in [2.24, 2.45) is 0 Å². The van der Waals surface area contributed by atoms with Crippen molar-refractivity contribution in [3.63, 3.8) is 0 Å². The highest BCUT2D eigenvalue weighted by atomic mass is 35.5. The summed E-state index contributed by atoms with van der Waals surface area (Å²) < 4.78 is 25.8. The van der Waals surface area contributed by atoms with Gasteiger partial charge in [0.15, 0.2) is 0 Å². The number of sulfone groups is 1. The van der Waals surface area contributed by atoms with E-state index in [1.807, 2.05) is 33.9 Å². The van der Waals surface area contributed by atoms with Gasteiger partial charge in [-0.1, -0.05) is 29.8 Å². The molecule has 8 nitrogen and oxygen atoms in total. The third-order valence-corrected chi connectivity index (χ3v) is 7.29. The minimum atomic E-state index is -3.16. The molecule has 1 aliphatic rings. The Bertz CT molecular complexity index is 1350. The largest absolute Gasteiger partial charge is 0.329 e. The van der Waals surface area contributed by atoms with Gasteiger partial charge in [0, 0.05) is 48.5 Å². The van der Waals surface area contributed by atoms with Crippen molar-refractivity contribution in [1.29, 1.82) is 5.26 Å². The van der Waals surface area contributed by atoms with E-state index < -0.39 is 9.84 Å². The Morgan fingerprint density at radius 2 is 1.94 bits per heavy atom. The number of piperazine rings is 1. The van der Waals surface area contributed by atoms with E-state index >= 15 is 0 Å². The zero-order valence-corrected chi connectivity index (χ0v) is 20.9. The number of anilines is 1. The Hall–Kier alpha value is -3.19. The molecule has 3 aromatic rings.